The van der Waals surface area contributed by atoms with Crippen LogP contribution in [0.2, 0.25) is 0 Å². The maximum atomic E-state index is 5.49. The van der Waals surface area contributed by atoms with E-state index in [1.165, 1.54) is 19.8 Å². The molecule has 0 saturated carbocycles. The number of hydrogen-bond acceptors (Lipinski definition) is 3. The van der Waals surface area contributed by atoms with Gasteiger partial charge in [-0.15, -0.1) is 11.3 Å². The molecule has 2 aromatic rings. The minimum atomic E-state index is 0.314. The summed E-state index contributed by atoms with van der Waals surface area (Å²) in [5.41, 5.74) is 1.24. The molecule has 1 unspecified atom stereocenters. The van der Waals surface area contributed by atoms with Crippen LogP contribution in [-0.2, 0) is 6.42 Å². The van der Waals surface area contributed by atoms with Crippen molar-refractivity contribution in [2.75, 3.05) is 13.7 Å². The fourth-order valence-corrected chi connectivity index (χ4v) is 4.41. The van der Waals surface area contributed by atoms with E-state index in [9.17, 15) is 0 Å². The zero-order valence-corrected chi connectivity index (χ0v) is 15.2. The van der Waals surface area contributed by atoms with Gasteiger partial charge in [0.2, 0.25) is 0 Å². The second-order valence-corrected chi connectivity index (χ2v) is 7.23. The smallest absolute Gasteiger partial charge is 0.122 e. The first kappa shape index (κ1) is 16.5. The number of rotatable bonds is 7. The van der Waals surface area contributed by atoms with Crippen molar-refractivity contribution in [1.29, 1.82) is 0 Å². The third-order valence-corrected chi connectivity index (χ3v) is 5.49. The van der Waals surface area contributed by atoms with Crippen LogP contribution in [0.3, 0.4) is 0 Å². The highest BCUT2D eigenvalue weighted by molar-refractivity contribution is 9.10. The summed E-state index contributed by atoms with van der Waals surface area (Å²) < 4.78 is 6.69. The number of hydrogen-bond donors (Lipinski definition) is 1. The van der Waals surface area contributed by atoms with Crippen LogP contribution in [0.1, 0.15) is 34.7 Å². The summed E-state index contributed by atoms with van der Waals surface area (Å²) in [6.07, 6.45) is 2.06. The van der Waals surface area contributed by atoms with Gasteiger partial charge in [-0.1, -0.05) is 25.1 Å². The Hall–Kier alpha value is -0.840. The first-order chi connectivity index (χ1) is 10.2. The Kier molecular flexibility index (Phi) is 6.27. The van der Waals surface area contributed by atoms with Crippen LogP contribution in [0.25, 0.3) is 0 Å². The zero-order chi connectivity index (χ0) is 15.2. The van der Waals surface area contributed by atoms with E-state index >= 15 is 0 Å². The van der Waals surface area contributed by atoms with Crippen molar-refractivity contribution in [3.8, 4) is 5.75 Å². The topological polar surface area (TPSA) is 21.3 Å². The summed E-state index contributed by atoms with van der Waals surface area (Å²) in [6.45, 7) is 5.37. The number of para-hydroxylation sites is 1. The summed E-state index contributed by atoms with van der Waals surface area (Å²) in [4.78, 5) is 2.70. The summed E-state index contributed by atoms with van der Waals surface area (Å²) in [5, 5.41) is 3.66. The number of methoxy groups -OCH3 is 1. The van der Waals surface area contributed by atoms with Crippen molar-refractivity contribution in [1.82, 2.24) is 5.32 Å². The largest absolute Gasteiger partial charge is 0.496 e. The summed E-state index contributed by atoms with van der Waals surface area (Å²) in [5.74, 6) is 0.963. The molecule has 1 atom stereocenters. The lowest BCUT2D eigenvalue weighted by Crippen LogP contribution is -2.23. The highest BCUT2D eigenvalue weighted by Gasteiger charge is 2.18. The average Bonchev–Trinajstić information content (AvgIpc) is 2.82. The summed E-state index contributed by atoms with van der Waals surface area (Å²) in [6, 6.07) is 10.8. The van der Waals surface area contributed by atoms with Crippen molar-refractivity contribution in [3.63, 3.8) is 0 Å². The third-order valence-electron chi connectivity index (χ3n) is 3.41. The Bertz CT molecular complexity index is 582. The molecule has 0 aliphatic carbocycles. The molecule has 1 heterocycles. The Labute approximate surface area is 139 Å². The monoisotopic (exact) mass is 367 g/mol. The number of ether oxygens (including phenoxy) is 1. The molecule has 4 heteroatoms. The second-order valence-electron chi connectivity index (χ2n) is 5.09. The van der Waals surface area contributed by atoms with Crippen molar-refractivity contribution in [2.24, 2.45) is 0 Å². The molecule has 114 valence electrons. The van der Waals surface area contributed by atoms with Crippen molar-refractivity contribution >= 4 is 27.3 Å². The van der Waals surface area contributed by atoms with Gasteiger partial charge in [0.15, 0.2) is 0 Å². The lowest BCUT2D eigenvalue weighted by molar-refractivity contribution is 0.405. The number of nitrogens with one attached hydrogen (secondary N) is 1. The van der Waals surface area contributed by atoms with Gasteiger partial charge in [-0.25, -0.2) is 0 Å². The maximum Gasteiger partial charge on any atom is 0.122 e. The molecule has 0 amide bonds. The minimum Gasteiger partial charge on any atom is -0.496 e. The Morgan fingerprint density at radius 3 is 2.71 bits per heavy atom. The van der Waals surface area contributed by atoms with Crippen LogP contribution >= 0.6 is 27.3 Å². The van der Waals surface area contributed by atoms with Crippen LogP contribution in [0.15, 0.2) is 34.8 Å². The molecule has 0 aliphatic heterocycles. The number of thiophene rings is 1. The van der Waals surface area contributed by atoms with Crippen LogP contribution in [0.4, 0.5) is 0 Å². The van der Waals surface area contributed by atoms with Crippen molar-refractivity contribution < 1.29 is 4.74 Å². The van der Waals surface area contributed by atoms with Gasteiger partial charge in [-0.3, -0.25) is 0 Å². The van der Waals surface area contributed by atoms with Crippen LogP contribution in [-0.4, -0.2) is 13.7 Å². The van der Waals surface area contributed by atoms with E-state index in [0.717, 1.165) is 25.1 Å². The lowest BCUT2D eigenvalue weighted by Gasteiger charge is -2.19. The summed E-state index contributed by atoms with van der Waals surface area (Å²) >= 11 is 5.55. The van der Waals surface area contributed by atoms with Gasteiger partial charge in [-0.2, -0.15) is 0 Å². The van der Waals surface area contributed by atoms with E-state index in [4.69, 9.17) is 4.74 Å². The number of benzene rings is 1. The van der Waals surface area contributed by atoms with E-state index in [2.05, 4.69) is 53.3 Å². The quantitative estimate of drug-likeness (QED) is 0.733. The molecule has 21 heavy (non-hydrogen) atoms. The SMILES string of the molecule is CCCNC(Cc1ccccc1OC)c1sc(C)cc1Br. The van der Waals surface area contributed by atoms with Crippen LogP contribution in [0, 0.1) is 6.92 Å². The molecule has 1 aromatic heterocycles. The second kappa shape index (κ2) is 7.97. The molecule has 1 aromatic carbocycles. The zero-order valence-electron chi connectivity index (χ0n) is 12.8. The fraction of sp³-hybridized carbons (Fsp3) is 0.412. The van der Waals surface area contributed by atoms with Crippen molar-refractivity contribution in [2.45, 2.75) is 32.7 Å². The molecule has 2 rings (SSSR count). The van der Waals surface area contributed by atoms with Gasteiger partial charge in [0.05, 0.1) is 7.11 Å². The van der Waals surface area contributed by atoms with E-state index in [1.807, 2.05) is 23.5 Å². The number of aryl methyl sites for hydroxylation is 1. The van der Waals surface area contributed by atoms with Crippen LogP contribution < -0.4 is 10.1 Å². The normalized spacial score (nSPS) is 12.4. The van der Waals surface area contributed by atoms with Crippen molar-refractivity contribution in [3.05, 3.63) is 50.1 Å². The Balaban J connectivity index is 2.26. The average molecular weight is 368 g/mol. The molecule has 0 aliphatic rings. The first-order valence-corrected chi connectivity index (χ1v) is 8.87. The van der Waals surface area contributed by atoms with E-state index in [0.29, 0.717) is 6.04 Å². The van der Waals surface area contributed by atoms with E-state index < -0.39 is 0 Å². The molecular weight excluding hydrogens is 346 g/mol. The highest BCUT2D eigenvalue weighted by Crippen LogP contribution is 2.35. The van der Waals surface area contributed by atoms with Gasteiger partial charge >= 0.3 is 0 Å². The molecule has 0 radical (unpaired) electrons. The lowest BCUT2D eigenvalue weighted by atomic mass is 10.0. The predicted octanol–water partition coefficient (Wildman–Crippen LogP) is 5.11. The molecule has 0 bridgehead atoms. The molecule has 2 nitrogen and oxygen atoms in total. The first-order valence-electron chi connectivity index (χ1n) is 7.26. The predicted molar refractivity (Wildman–Crippen MR) is 94.5 cm³/mol. The van der Waals surface area contributed by atoms with Crippen LogP contribution in [0.5, 0.6) is 5.75 Å². The highest BCUT2D eigenvalue weighted by atomic mass is 79.9. The van der Waals surface area contributed by atoms with Gasteiger partial charge in [0.25, 0.3) is 0 Å². The van der Waals surface area contributed by atoms with E-state index in [1.54, 1.807) is 7.11 Å². The number of halogens is 1. The molecule has 0 spiro atoms. The van der Waals surface area contributed by atoms with Gasteiger partial charge in [0, 0.05) is 20.3 Å². The Morgan fingerprint density at radius 1 is 1.33 bits per heavy atom. The van der Waals surface area contributed by atoms with Gasteiger partial charge in [-0.05, 0) is 59.9 Å². The molecule has 0 fully saturated rings. The minimum absolute atomic E-state index is 0.314. The maximum absolute atomic E-state index is 5.49. The fourth-order valence-electron chi connectivity index (χ4n) is 2.41. The molecule has 1 N–H and O–H groups in total. The Morgan fingerprint density at radius 2 is 2.10 bits per heavy atom. The molecule has 0 saturated heterocycles. The third kappa shape index (κ3) is 4.31. The standard InChI is InChI=1S/C17H22BrNOS/c1-4-9-19-15(17-14(18)10-12(2)21-17)11-13-7-5-6-8-16(13)20-3/h5-8,10,15,19H,4,9,11H2,1-3H3. The molecular formula is C17H22BrNOS. The van der Waals surface area contributed by atoms with Gasteiger partial charge < -0.3 is 10.1 Å². The van der Waals surface area contributed by atoms with Gasteiger partial charge in [0.1, 0.15) is 5.75 Å². The van der Waals surface area contributed by atoms with E-state index in [-0.39, 0.29) is 0 Å². The summed E-state index contributed by atoms with van der Waals surface area (Å²) in [7, 11) is 1.73.